The molecule has 1 unspecified atom stereocenters. The first-order chi connectivity index (χ1) is 10.9. The third kappa shape index (κ3) is 5.16. The fourth-order valence-corrected chi connectivity index (χ4v) is 3.03. The van der Waals surface area contributed by atoms with E-state index in [1.165, 1.54) is 12.1 Å². The van der Waals surface area contributed by atoms with Crippen molar-refractivity contribution in [2.45, 2.75) is 45.3 Å². The fraction of sp³-hybridized carbons (Fsp3) is 0.588. The van der Waals surface area contributed by atoms with Gasteiger partial charge in [-0.2, -0.15) is 0 Å². The van der Waals surface area contributed by atoms with Gasteiger partial charge in [0.25, 0.3) is 0 Å². The van der Waals surface area contributed by atoms with Crippen LogP contribution in [-0.2, 0) is 11.3 Å². The normalized spacial score (nSPS) is 20.5. The van der Waals surface area contributed by atoms with Gasteiger partial charge in [-0.3, -0.25) is 9.69 Å². The smallest absolute Gasteiger partial charge is 0.237 e. The summed E-state index contributed by atoms with van der Waals surface area (Å²) >= 11 is 6.09. The van der Waals surface area contributed by atoms with E-state index in [1.54, 1.807) is 6.07 Å². The average Bonchev–Trinajstić information content (AvgIpc) is 2.49. The second-order valence-electron chi connectivity index (χ2n) is 6.59. The number of halogens is 2. The zero-order valence-corrected chi connectivity index (χ0v) is 14.4. The van der Waals surface area contributed by atoms with E-state index in [4.69, 9.17) is 17.3 Å². The summed E-state index contributed by atoms with van der Waals surface area (Å²) in [5.41, 5.74) is 6.79. The Bertz CT molecular complexity index is 553. The molecule has 0 aliphatic carbocycles. The Balaban J connectivity index is 1.91. The summed E-state index contributed by atoms with van der Waals surface area (Å²) in [6.07, 6.45) is 1.95. The van der Waals surface area contributed by atoms with Crippen molar-refractivity contribution in [1.29, 1.82) is 0 Å². The lowest BCUT2D eigenvalue weighted by atomic mass is 10.0. The van der Waals surface area contributed by atoms with E-state index in [0.717, 1.165) is 31.5 Å². The summed E-state index contributed by atoms with van der Waals surface area (Å²) in [5.74, 6) is -0.301. The molecular weight excluding hydrogens is 317 g/mol. The molecule has 128 valence electrons. The molecular formula is C17H25ClFN3O. The van der Waals surface area contributed by atoms with Gasteiger partial charge in [-0.1, -0.05) is 31.5 Å². The minimum absolute atomic E-state index is 0.0911. The van der Waals surface area contributed by atoms with Gasteiger partial charge in [-0.15, -0.1) is 0 Å². The highest BCUT2D eigenvalue weighted by molar-refractivity contribution is 6.31. The van der Waals surface area contributed by atoms with Crippen LogP contribution in [0.4, 0.5) is 4.39 Å². The van der Waals surface area contributed by atoms with Crippen LogP contribution in [0.25, 0.3) is 0 Å². The van der Waals surface area contributed by atoms with Gasteiger partial charge >= 0.3 is 0 Å². The largest absolute Gasteiger partial charge is 0.351 e. The van der Waals surface area contributed by atoms with Crippen LogP contribution in [0.1, 0.15) is 32.3 Å². The summed E-state index contributed by atoms with van der Waals surface area (Å²) in [7, 11) is 0. The predicted molar refractivity (Wildman–Crippen MR) is 90.7 cm³/mol. The molecule has 1 saturated heterocycles. The van der Waals surface area contributed by atoms with Crippen molar-refractivity contribution in [1.82, 2.24) is 10.2 Å². The maximum absolute atomic E-state index is 13.1. The number of piperidine rings is 1. The first-order valence-corrected chi connectivity index (χ1v) is 8.47. The number of amides is 1. The van der Waals surface area contributed by atoms with Crippen molar-refractivity contribution in [2.75, 3.05) is 13.1 Å². The van der Waals surface area contributed by atoms with Crippen molar-refractivity contribution in [3.63, 3.8) is 0 Å². The van der Waals surface area contributed by atoms with Gasteiger partial charge in [0.05, 0.1) is 6.04 Å². The predicted octanol–water partition coefficient (Wildman–Crippen LogP) is 2.54. The lowest BCUT2D eigenvalue weighted by Crippen LogP contribution is -2.52. The monoisotopic (exact) mass is 341 g/mol. The molecule has 2 atom stereocenters. The van der Waals surface area contributed by atoms with Crippen molar-refractivity contribution in [3.05, 3.63) is 34.6 Å². The minimum Gasteiger partial charge on any atom is -0.351 e. The van der Waals surface area contributed by atoms with Gasteiger partial charge in [0.2, 0.25) is 5.91 Å². The molecule has 0 radical (unpaired) electrons. The Kier molecular flexibility index (Phi) is 6.39. The number of hydrogen-bond donors (Lipinski definition) is 2. The molecule has 1 aliphatic heterocycles. The number of nitrogens with two attached hydrogens (primary N) is 1. The standard InChI is InChI=1S/C17H25ClFN3O/c1-11(2)16(20)17(23)21-14-4-3-7-22(10-14)9-12-5-6-13(19)8-15(12)18/h5-6,8,11,14,16H,3-4,7,9-10,20H2,1-2H3,(H,21,23)/t14?,16-/m0/s1. The van der Waals surface area contributed by atoms with Gasteiger partial charge in [0.15, 0.2) is 0 Å². The van der Waals surface area contributed by atoms with Gasteiger partial charge in [-0.05, 0) is 43.0 Å². The zero-order chi connectivity index (χ0) is 17.0. The van der Waals surface area contributed by atoms with Gasteiger partial charge in [-0.25, -0.2) is 4.39 Å². The molecule has 4 nitrogen and oxygen atoms in total. The van der Waals surface area contributed by atoms with Crippen LogP contribution in [0.15, 0.2) is 18.2 Å². The number of carbonyl (C=O) groups excluding carboxylic acids is 1. The second-order valence-corrected chi connectivity index (χ2v) is 7.00. The average molecular weight is 342 g/mol. The molecule has 2 rings (SSSR count). The highest BCUT2D eigenvalue weighted by Crippen LogP contribution is 2.21. The van der Waals surface area contributed by atoms with Crippen molar-refractivity contribution >= 4 is 17.5 Å². The Labute approximate surface area is 142 Å². The molecule has 1 fully saturated rings. The van der Waals surface area contributed by atoms with E-state index in [2.05, 4.69) is 10.2 Å². The molecule has 0 spiro atoms. The minimum atomic E-state index is -0.475. The lowest BCUT2D eigenvalue weighted by Gasteiger charge is -2.34. The van der Waals surface area contributed by atoms with E-state index in [1.807, 2.05) is 13.8 Å². The fourth-order valence-electron chi connectivity index (χ4n) is 2.81. The molecule has 1 heterocycles. The number of nitrogens with one attached hydrogen (secondary N) is 1. The number of hydrogen-bond acceptors (Lipinski definition) is 3. The molecule has 23 heavy (non-hydrogen) atoms. The molecule has 3 N–H and O–H groups in total. The molecule has 1 aromatic carbocycles. The van der Waals surface area contributed by atoms with E-state index >= 15 is 0 Å². The topological polar surface area (TPSA) is 58.4 Å². The second kappa shape index (κ2) is 8.08. The maximum atomic E-state index is 13.1. The number of rotatable bonds is 5. The zero-order valence-electron chi connectivity index (χ0n) is 13.7. The first-order valence-electron chi connectivity index (χ1n) is 8.09. The van der Waals surface area contributed by atoms with Crippen molar-refractivity contribution < 1.29 is 9.18 Å². The summed E-state index contributed by atoms with van der Waals surface area (Å²) in [4.78, 5) is 14.3. The Morgan fingerprint density at radius 2 is 2.26 bits per heavy atom. The molecule has 0 bridgehead atoms. The number of benzene rings is 1. The van der Waals surface area contributed by atoms with Crippen LogP contribution in [0.3, 0.4) is 0 Å². The highest BCUT2D eigenvalue weighted by atomic mass is 35.5. The lowest BCUT2D eigenvalue weighted by molar-refractivity contribution is -0.124. The van der Waals surface area contributed by atoms with E-state index < -0.39 is 6.04 Å². The van der Waals surface area contributed by atoms with Crippen molar-refractivity contribution in [2.24, 2.45) is 11.7 Å². The molecule has 6 heteroatoms. The number of likely N-dealkylation sites (tertiary alicyclic amines) is 1. The third-order valence-corrected chi connectivity index (χ3v) is 4.63. The van der Waals surface area contributed by atoms with Gasteiger partial charge < -0.3 is 11.1 Å². The Hall–Kier alpha value is -1.17. The molecule has 1 aromatic rings. The molecule has 0 aromatic heterocycles. The van der Waals surface area contributed by atoms with Crippen LogP contribution < -0.4 is 11.1 Å². The van der Waals surface area contributed by atoms with E-state index in [0.29, 0.717) is 11.6 Å². The third-order valence-electron chi connectivity index (χ3n) is 4.28. The van der Waals surface area contributed by atoms with Crippen LogP contribution in [0.5, 0.6) is 0 Å². The summed E-state index contributed by atoms with van der Waals surface area (Å²) < 4.78 is 13.1. The summed E-state index contributed by atoms with van der Waals surface area (Å²) in [6, 6.07) is 4.10. The quantitative estimate of drug-likeness (QED) is 0.865. The van der Waals surface area contributed by atoms with Crippen LogP contribution in [0, 0.1) is 11.7 Å². The summed E-state index contributed by atoms with van der Waals surface area (Å²) in [6.45, 7) is 6.23. The maximum Gasteiger partial charge on any atom is 0.237 e. The summed E-state index contributed by atoms with van der Waals surface area (Å²) in [5, 5.41) is 3.48. The van der Waals surface area contributed by atoms with E-state index in [9.17, 15) is 9.18 Å². The van der Waals surface area contributed by atoms with Crippen LogP contribution in [-0.4, -0.2) is 36.0 Å². The Morgan fingerprint density at radius 3 is 2.91 bits per heavy atom. The van der Waals surface area contributed by atoms with E-state index in [-0.39, 0.29) is 23.7 Å². The SMILES string of the molecule is CC(C)[C@H](N)C(=O)NC1CCCN(Cc2ccc(F)cc2Cl)C1. The van der Waals surface area contributed by atoms with Crippen LogP contribution >= 0.6 is 11.6 Å². The van der Waals surface area contributed by atoms with Crippen molar-refractivity contribution in [3.8, 4) is 0 Å². The molecule has 0 saturated carbocycles. The van der Waals surface area contributed by atoms with Gasteiger partial charge in [0, 0.05) is 24.2 Å². The Morgan fingerprint density at radius 1 is 1.52 bits per heavy atom. The number of carbonyl (C=O) groups is 1. The number of nitrogens with zero attached hydrogens (tertiary/aromatic N) is 1. The molecule has 1 amide bonds. The highest BCUT2D eigenvalue weighted by Gasteiger charge is 2.25. The molecule has 1 aliphatic rings. The van der Waals surface area contributed by atoms with Gasteiger partial charge in [0.1, 0.15) is 5.82 Å². The van der Waals surface area contributed by atoms with Crippen LogP contribution in [0.2, 0.25) is 5.02 Å². The first kappa shape index (κ1) is 18.2.